The van der Waals surface area contributed by atoms with Crippen LogP contribution in [0.25, 0.3) is 33.5 Å². The highest BCUT2D eigenvalue weighted by atomic mass is 19.4. The van der Waals surface area contributed by atoms with E-state index in [1.165, 1.54) is 17.2 Å². The van der Waals surface area contributed by atoms with Crippen LogP contribution in [0.4, 0.5) is 23.2 Å². The third-order valence-corrected chi connectivity index (χ3v) is 8.07. The van der Waals surface area contributed by atoms with Gasteiger partial charge < -0.3 is 30.1 Å². The molecule has 0 radical (unpaired) electrons. The van der Waals surface area contributed by atoms with Crippen LogP contribution >= 0.6 is 0 Å². The molecule has 5 heterocycles. The molecule has 2 amide bonds. The highest BCUT2D eigenvalue weighted by molar-refractivity contribution is 6.45. The number of carboxylic acid groups (broad SMARTS) is 1. The molecule has 1 fully saturated rings. The van der Waals surface area contributed by atoms with Crippen molar-refractivity contribution in [2.45, 2.75) is 12.6 Å². The van der Waals surface area contributed by atoms with E-state index in [1.54, 1.807) is 6.20 Å². The smallest absolute Gasteiger partial charge is 0.475 e. The highest BCUT2D eigenvalue weighted by Crippen LogP contribution is 2.31. The quantitative estimate of drug-likeness (QED) is 0.0617. The first-order valence-electron chi connectivity index (χ1n) is 15.9. The van der Waals surface area contributed by atoms with Gasteiger partial charge in [-0.1, -0.05) is 30.3 Å². The van der Waals surface area contributed by atoms with Gasteiger partial charge in [-0.2, -0.15) is 23.4 Å². The molecular weight excluding hydrogens is 692 g/mol. The lowest BCUT2D eigenvalue weighted by Gasteiger charge is -2.35. The number of fused-ring (bicyclic) bond motifs is 1. The average Bonchev–Trinajstić information content (AvgIpc) is 3.91. The van der Waals surface area contributed by atoms with Gasteiger partial charge in [-0.05, 0) is 33.1 Å². The zero-order valence-electron chi connectivity index (χ0n) is 27.9. The van der Waals surface area contributed by atoms with Crippen LogP contribution in [0.3, 0.4) is 0 Å². The minimum Gasteiger partial charge on any atom is -0.475 e. The number of piperazine rings is 1. The minimum absolute atomic E-state index is 0.0550. The van der Waals surface area contributed by atoms with Crippen LogP contribution in [0.1, 0.15) is 27.3 Å². The molecule has 6 rings (SSSR count). The summed E-state index contributed by atoms with van der Waals surface area (Å²) in [6.45, 7) is 2.95. The molecule has 1 aliphatic rings. The van der Waals surface area contributed by atoms with Crippen LogP contribution in [-0.2, 0) is 9.59 Å². The fourth-order valence-electron chi connectivity index (χ4n) is 5.48. The molecule has 0 saturated carbocycles. The van der Waals surface area contributed by atoms with Crippen molar-refractivity contribution in [2.75, 3.05) is 58.3 Å². The molecule has 5 aromatic rings. The number of rotatable bonds is 10. The number of anilines is 1. The van der Waals surface area contributed by atoms with Gasteiger partial charge in [0, 0.05) is 44.5 Å². The van der Waals surface area contributed by atoms with Gasteiger partial charge in [-0.15, -0.1) is 0 Å². The van der Waals surface area contributed by atoms with E-state index in [9.17, 15) is 27.6 Å². The molecular formula is C33H34F4N10O5. The number of benzene rings is 1. The van der Waals surface area contributed by atoms with E-state index in [0.29, 0.717) is 32.7 Å². The van der Waals surface area contributed by atoms with E-state index < -0.39 is 29.7 Å². The van der Waals surface area contributed by atoms with Crippen LogP contribution in [0.2, 0.25) is 0 Å². The number of amides is 2. The van der Waals surface area contributed by atoms with Gasteiger partial charge in [0.15, 0.2) is 5.82 Å². The van der Waals surface area contributed by atoms with Crippen LogP contribution in [0, 0.1) is 5.82 Å². The average molecular weight is 727 g/mol. The van der Waals surface area contributed by atoms with Gasteiger partial charge in [-0.25, -0.2) is 14.2 Å². The lowest BCUT2D eigenvalue weighted by atomic mass is 10.1. The van der Waals surface area contributed by atoms with Crippen LogP contribution < -0.4 is 10.2 Å². The van der Waals surface area contributed by atoms with Gasteiger partial charge in [0.05, 0.1) is 40.2 Å². The topological polar surface area (TPSA) is 196 Å². The SMILES string of the molecule is CN(C)CCCNC(=O)c1cc(-c2ncc(F)c3c(C(=O)C(=O)N4CCN(c5cn[nH]c5-c5ccccc5)CC4)c[nH]c23)n[nH]1.O=C(O)C(F)(F)F. The number of aromatic amines is 3. The van der Waals surface area contributed by atoms with Crippen molar-refractivity contribution in [3.63, 3.8) is 0 Å². The number of hydrogen-bond acceptors (Lipinski definition) is 9. The van der Waals surface area contributed by atoms with Crippen molar-refractivity contribution in [1.82, 2.24) is 45.5 Å². The van der Waals surface area contributed by atoms with E-state index >= 15 is 4.39 Å². The number of halogens is 4. The Labute approximate surface area is 293 Å². The lowest BCUT2D eigenvalue weighted by molar-refractivity contribution is -0.192. The standard InChI is InChI=1S/C31H33FN10O3.C2HF3O2/c1-40(2)10-6-9-33-30(44)23-15-22(37-38-23)27-28-25(21(32)17-35-27)20(16-34-28)29(43)31(45)42-13-11-41(12-14-42)24-18-36-39-26(24)19-7-4-3-5-8-19;3-2(4,5)1(6)7/h3-5,7-8,15-18,34H,6,9-14H2,1-2H3,(H,33,44)(H,36,39)(H,37,38);(H,6,7). The largest absolute Gasteiger partial charge is 0.490 e. The highest BCUT2D eigenvalue weighted by Gasteiger charge is 2.38. The third kappa shape index (κ3) is 8.43. The number of nitrogens with one attached hydrogen (secondary N) is 4. The Kier molecular flexibility index (Phi) is 11.3. The van der Waals surface area contributed by atoms with E-state index in [2.05, 4.69) is 40.6 Å². The first-order valence-corrected chi connectivity index (χ1v) is 15.9. The van der Waals surface area contributed by atoms with E-state index in [0.717, 1.165) is 36.1 Å². The van der Waals surface area contributed by atoms with Crippen molar-refractivity contribution in [3.05, 3.63) is 72.1 Å². The van der Waals surface area contributed by atoms with Crippen molar-refractivity contribution in [2.24, 2.45) is 0 Å². The van der Waals surface area contributed by atoms with Crippen molar-refractivity contribution < 1.29 is 41.8 Å². The maximum absolute atomic E-state index is 15.1. The Morgan fingerprint density at radius 3 is 2.37 bits per heavy atom. The van der Waals surface area contributed by atoms with Gasteiger partial charge in [0.1, 0.15) is 17.1 Å². The molecule has 15 nitrogen and oxygen atoms in total. The molecule has 1 saturated heterocycles. The summed E-state index contributed by atoms with van der Waals surface area (Å²) in [5, 5.41) is 24.0. The fraction of sp³-hybridized carbons (Fsp3) is 0.303. The third-order valence-electron chi connectivity index (χ3n) is 8.07. The lowest BCUT2D eigenvalue weighted by Crippen LogP contribution is -2.50. The number of aliphatic carboxylic acids is 1. The Hall–Kier alpha value is -6.11. The van der Waals surface area contributed by atoms with Crippen molar-refractivity contribution in [3.8, 4) is 22.6 Å². The second-order valence-electron chi connectivity index (χ2n) is 11.9. The second kappa shape index (κ2) is 15.8. The number of carbonyl (C=O) groups is 4. The molecule has 1 aliphatic heterocycles. The van der Waals surface area contributed by atoms with Crippen LogP contribution in [0.15, 0.2) is 55.0 Å². The number of carbonyl (C=O) groups excluding carboxylic acids is 3. The first kappa shape index (κ1) is 37.2. The number of carboxylic acids is 1. The number of Topliss-reactive ketones (excluding diaryl/α,β-unsaturated/α-hetero) is 1. The molecule has 1 aromatic carbocycles. The molecule has 4 aromatic heterocycles. The Bertz CT molecular complexity index is 2050. The predicted octanol–water partition coefficient (Wildman–Crippen LogP) is 3.33. The maximum Gasteiger partial charge on any atom is 0.490 e. The molecule has 0 atom stereocenters. The van der Waals surface area contributed by atoms with Gasteiger partial charge >= 0.3 is 12.1 Å². The number of aromatic nitrogens is 6. The minimum atomic E-state index is -5.08. The van der Waals surface area contributed by atoms with Gasteiger partial charge in [0.25, 0.3) is 17.6 Å². The normalized spacial score (nSPS) is 13.2. The summed E-state index contributed by atoms with van der Waals surface area (Å²) in [7, 11) is 3.92. The van der Waals surface area contributed by atoms with Crippen LogP contribution in [0.5, 0.6) is 0 Å². The Balaban J connectivity index is 0.000000679. The number of hydrogen-bond donors (Lipinski definition) is 5. The van der Waals surface area contributed by atoms with Crippen molar-refractivity contribution in [1.29, 1.82) is 0 Å². The number of ketones is 1. The predicted molar refractivity (Wildman–Crippen MR) is 180 cm³/mol. The Morgan fingerprint density at radius 2 is 1.71 bits per heavy atom. The molecule has 5 N–H and O–H groups in total. The molecule has 0 spiro atoms. The first-order chi connectivity index (χ1) is 24.8. The summed E-state index contributed by atoms with van der Waals surface area (Å²) in [4.78, 5) is 60.9. The molecule has 52 heavy (non-hydrogen) atoms. The molecule has 274 valence electrons. The maximum atomic E-state index is 15.1. The van der Waals surface area contributed by atoms with E-state index in [1.807, 2.05) is 49.3 Å². The van der Waals surface area contributed by atoms with E-state index in [-0.39, 0.29) is 39.5 Å². The zero-order valence-corrected chi connectivity index (χ0v) is 27.9. The monoisotopic (exact) mass is 726 g/mol. The second-order valence-corrected chi connectivity index (χ2v) is 11.9. The van der Waals surface area contributed by atoms with Crippen molar-refractivity contribution >= 4 is 40.2 Å². The van der Waals surface area contributed by atoms with E-state index in [4.69, 9.17) is 9.90 Å². The molecule has 19 heteroatoms. The summed E-state index contributed by atoms with van der Waals surface area (Å²) in [5.41, 5.74) is 3.66. The summed E-state index contributed by atoms with van der Waals surface area (Å²) in [6.07, 6.45) is -0.242. The number of alkyl halides is 3. The number of H-pyrrole nitrogens is 3. The fourth-order valence-corrected chi connectivity index (χ4v) is 5.48. The number of pyridine rings is 1. The van der Waals surface area contributed by atoms with Gasteiger partial charge in [-0.3, -0.25) is 24.6 Å². The zero-order chi connectivity index (χ0) is 37.6. The molecule has 0 bridgehead atoms. The summed E-state index contributed by atoms with van der Waals surface area (Å²) >= 11 is 0. The number of nitrogens with zero attached hydrogens (tertiary/aromatic N) is 6. The Morgan fingerprint density at radius 1 is 1.02 bits per heavy atom. The molecule has 0 aliphatic carbocycles. The van der Waals surface area contributed by atoms with Crippen LogP contribution in [-0.4, -0.2) is 128 Å². The van der Waals surface area contributed by atoms with Gasteiger partial charge in [0.2, 0.25) is 0 Å². The molecule has 0 unspecified atom stereocenters. The summed E-state index contributed by atoms with van der Waals surface area (Å²) in [6, 6.07) is 11.3. The summed E-state index contributed by atoms with van der Waals surface area (Å²) < 4.78 is 46.9. The summed E-state index contributed by atoms with van der Waals surface area (Å²) in [5.74, 6) is -5.37.